The predicted molar refractivity (Wildman–Crippen MR) is 114 cm³/mol. The number of nitrogens with one attached hydrogen (secondary N) is 1. The van der Waals surface area contributed by atoms with E-state index in [-0.39, 0.29) is 12.5 Å². The van der Waals surface area contributed by atoms with E-state index in [1.165, 1.54) is 0 Å². The molecule has 0 bridgehead atoms. The molecule has 29 heavy (non-hydrogen) atoms. The second kappa shape index (κ2) is 7.97. The molecule has 0 aliphatic heterocycles. The Morgan fingerprint density at radius 1 is 1.07 bits per heavy atom. The van der Waals surface area contributed by atoms with Crippen molar-refractivity contribution in [1.82, 2.24) is 4.98 Å². The van der Waals surface area contributed by atoms with Gasteiger partial charge in [-0.15, -0.1) is 0 Å². The van der Waals surface area contributed by atoms with Gasteiger partial charge in [-0.2, -0.15) is 0 Å². The number of oxazole rings is 1. The highest BCUT2D eigenvalue weighted by Gasteiger charge is 2.13. The quantitative estimate of drug-likeness (QED) is 0.456. The minimum Gasteiger partial charge on any atom is -0.484 e. The van der Waals surface area contributed by atoms with Crippen LogP contribution in [0.15, 0.2) is 65.1 Å². The molecule has 0 radical (unpaired) electrons. The molecule has 4 rings (SSSR count). The predicted octanol–water partition coefficient (Wildman–Crippen LogP) is 5.78. The van der Waals surface area contributed by atoms with Crippen LogP contribution in [0.25, 0.3) is 22.6 Å². The summed E-state index contributed by atoms with van der Waals surface area (Å²) in [5.41, 5.74) is 4.84. The van der Waals surface area contributed by atoms with Crippen LogP contribution in [-0.2, 0) is 4.79 Å². The van der Waals surface area contributed by atoms with E-state index < -0.39 is 0 Å². The number of fused-ring (bicyclic) bond motifs is 1. The van der Waals surface area contributed by atoms with Crippen molar-refractivity contribution in [2.45, 2.75) is 13.8 Å². The number of ether oxygens (including phenoxy) is 1. The molecular formula is C23H19ClN2O3. The van der Waals surface area contributed by atoms with Crippen LogP contribution in [0.5, 0.6) is 5.75 Å². The van der Waals surface area contributed by atoms with Gasteiger partial charge in [0.25, 0.3) is 5.91 Å². The van der Waals surface area contributed by atoms with Gasteiger partial charge in [-0.05, 0) is 67.4 Å². The number of rotatable bonds is 5. The lowest BCUT2D eigenvalue weighted by molar-refractivity contribution is -0.118. The van der Waals surface area contributed by atoms with Gasteiger partial charge < -0.3 is 14.5 Å². The zero-order valence-electron chi connectivity index (χ0n) is 16.0. The number of carbonyl (C=O) groups excluding carboxylic acids is 1. The second-order valence-corrected chi connectivity index (χ2v) is 7.25. The summed E-state index contributed by atoms with van der Waals surface area (Å²) in [6.45, 7) is 3.84. The maximum Gasteiger partial charge on any atom is 0.262 e. The Labute approximate surface area is 173 Å². The number of aryl methyl sites for hydroxylation is 2. The third-order valence-corrected chi connectivity index (χ3v) is 4.72. The van der Waals surface area contributed by atoms with Gasteiger partial charge in [-0.1, -0.05) is 29.8 Å². The first-order valence-corrected chi connectivity index (χ1v) is 9.52. The molecule has 3 aromatic carbocycles. The average molecular weight is 407 g/mol. The first-order valence-electron chi connectivity index (χ1n) is 9.14. The smallest absolute Gasteiger partial charge is 0.262 e. The number of benzene rings is 3. The number of amides is 1. The number of carbonyl (C=O) groups is 1. The highest BCUT2D eigenvalue weighted by atomic mass is 35.5. The van der Waals surface area contributed by atoms with E-state index in [1.54, 1.807) is 18.2 Å². The van der Waals surface area contributed by atoms with Crippen LogP contribution in [0.1, 0.15) is 11.1 Å². The maximum atomic E-state index is 12.3. The molecule has 0 aliphatic carbocycles. The largest absolute Gasteiger partial charge is 0.484 e. The van der Waals surface area contributed by atoms with E-state index in [2.05, 4.69) is 10.3 Å². The fourth-order valence-corrected chi connectivity index (χ4v) is 3.11. The van der Waals surface area contributed by atoms with E-state index in [1.807, 2.05) is 56.3 Å². The van der Waals surface area contributed by atoms with E-state index in [0.29, 0.717) is 27.9 Å². The Morgan fingerprint density at radius 2 is 1.90 bits per heavy atom. The lowest BCUT2D eigenvalue weighted by Gasteiger charge is -2.10. The third-order valence-electron chi connectivity index (χ3n) is 4.39. The molecule has 4 aromatic rings. The molecule has 1 aromatic heterocycles. The molecule has 0 atom stereocenters. The lowest BCUT2D eigenvalue weighted by Crippen LogP contribution is -2.20. The number of hydrogen-bond acceptors (Lipinski definition) is 4. The molecule has 1 heterocycles. The number of nitrogens with zero attached hydrogens (tertiary/aromatic N) is 1. The third kappa shape index (κ3) is 4.41. The standard InChI is InChI=1S/C23H19ClN2O3/c1-14-4-3-5-17(10-14)28-13-22(27)25-20-12-16(7-8-18(20)24)23-26-19-9-6-15(2)11-21(19)29-23/h3-12H,13H2,1-2H3,(H,25,27). The van der Waals surface area contributed by atoms with Crippen LogP contribution in [0.2, 0.25) is 5.02 Å². The van der Waals surface area contributed by atoms with Crippen molar-refractivity contribution >= 4 is 34.3 Å². The summed E-state index contributed by atoms with van der Waals surface area (Å²) in [6, 6.07) is 18.6. The zero-order chi connectivity index (χ0) is 20.4. The highest BCUT2D eigenvalue weighted by molar-refractivity contribution is 6.33. The molecule has 0 unspecified atom stereocenters. The summed E-state index contributed by atoms with van der Waals surface area (Å²) < 4.78 is 11.4. The summed E-state index contributed by atoms with van der Waals surface area (Å²) in [5, 5.41) is 3.20. The summed E-state index contributed by atoms with van der Waals surface area (Å²) in [7, 11) is 0. The van der Waals surface area contributed by atoms with E-state index in [0.717, 1.165) is 22.2 Å². The van der Waals surface area contributed by atoms with Gasteiger partial charge in [0.2, 0.25) is 5.89 Å². The van der Waals surface area contributed by atoms with Crippen LogP contribution in [-0.4, -0.2) is 17.5 Å². The maximum absolute atomic E-state index is 12.3. The topological polar surface area (TPSA) is 64.4 Å². The molecule has 0 saturated carbocycles. The minimum absolute atomic E-state index is 0.119. The Kier molecular flexibility index (Phi) is 5.23. The highest BCUT2D eigenvalue weighted by Crippen LogP contribution is 2.30. The van der Waals surface area contributed by atoms with E-state index in [9.17, 15) is 4.79 Å². The van der Waals surface area contributed by atoms with Crippen molar-refractivity contribution in [3.63, 3.8) is 0 Å². The van der Waals surface area contributed by atoms with Gasteiger partial charge in [-0.3, -0.25) is 4.79 Å². The molecular weight excluding hydrogens is 388 g/mol. The Morgan fingerprint density at radius 3 is 2.72 bits per heavy atom. The van der Waals surface area contributed by atoms with Crippen LogP contribution >= 0.6 is 11.6 Å². The van der Waals surface area contributed by atoms with E-state index >= 15 is 0 Å². The number of halogens is 1. The fraction of sp³-hybridized carbons (Fsp3) is 0.130. The number of anilines is 1. The lowest BCUT2D eigenvalue weighted by atomic mass is 10.2. The normalized spacial score (nSPS) is 10.9. The average Bonchev–Trinajstić information content (AvgIpc) is 3.11. The van der Waals surface area contributed by atoms with Gasteiger partial charge in [0, 0.05) is 5.56 Å². The monoisotopic (exact) mass is 406 g/mol. The Balaban J connectivity index is 1.51. The van der Waals surface area contributed by atoms with Gasteiger partial charge in [-0.25, -0.2) is 4.98 Å². The SMILES string of the molecule is Cc1cccc(OCC(=O)Nc2cc(-c3nc4ccc(C)cc4o3)ccc2Cl)c1. The molecule has 146 valence electrons. The van der Waals surface area contributed by atoms with Crippen molar-refractivity contribution in [3.8, 4) is 17.2 Å². The first-order chi connectivity index (χ1) is 14.0. The van der Waals surface area contributed by atoms with Crippen molar-refractivity contribution in [1.29, 1.82) is 0 Å². The summed E-state index contributed by atoms with van der Waals surface area (Å²) in [6.07, 6.45) is 0. The number of aromatic nitrogens is 1. The van der Waals surface area contributed by atoms with Crippen LogP contribution in [0, 0.1) is 13.8 Å². The van der Waals surface area contributed by atoms with Gasteiger partial charge >= 0.3 is 0 Å². The molecule has 0 spiro atoms. The summed E-state index contributed by atoms with van der Waals surface area (Å²) in [5.74, 6) is 0.800. The van der Waals surface area contributed by atoms with Crippen molar-refractivity contribution in [2.75, 3.05) is 11.9 Å². The first kappa shape index (κ1) is 19.0. The van der Waals surface area contributed by atoms with Gasteiger partial charge in [0.15, 0.2) is 12.2 Å². The van der Waals surface area contributed by atoms with Crippen molar-refractivity contribution < 1.29 is 13.9 Å². The van der Waals surface area contributed by atoms with Crippen LogP contribution in [0.3, 0.4) is 0 Å². The number of hydrogen-bond donors (Lipinski definition) is 1. The van der Waals surface area contributed by atoms with Crippen LogP contribution < -0.4 is 10.1 Å². The summed E-state index contributed by atoms with van der Waals surface area (Å²) >= 11 is 6.26. The Hall–Kier alpha value is -3.31. The summed E-state index contributed by atoms with van der Waals surface area (Å²) in [4.78, 5) is 16.8. The van der Waals surface area contributed by atoms with Crippen LogP contribution in [0.4, 0.5) is 5.69 Å². The van der Waals surface area contributed by atoms with E-state index in [4.69, 9.17) is 20.8 Å². The van der Waals surface area contributed by atoms with Gasteiger partial charge in [0.1, 0.15) is 11.3 Å². The molecule has 6 heteroatoms. The Bertz CT molecular complexity index is 1200. The second-order valence-electron chi connectivity index (χ2n) is 6.84. The molecule has 1 N–H and O–H groups in total. The minimum atomic E-state index is -0.307. The molecule has 5 nitrogen and oxygen atoms in total. The molecule has 0 aliphatic rings. The molecule has 0 saturated heterocycles. The fourth-order valence-electron chi connectivity index (χ4n) is 2.95. The molecule has 0 fully saturated rings. The van der Waals surface area contributed by atoms with Crippen molar-refractivity contribution in [3.05, 3.63) is 76.8 Å². The van der Waals surface area contributed by atoms with Gasteiger partial charge in [0.05, 0.1) is 10.7 Å². The molecule has 1 amide bonds. The van der Waals surface area contributed by atoms with Crippen molar-refractivity contribution in [2.24, 2.45) is 0 Å². The zero-order valence-corrected chi connectivity index (χ0v) is 16.8.